The van der Waals surface area contributed by atoms with Crippen LogP contribution in [0.25, 0.3) is 5.69 Å². The van der Waals surface area contributed by atoms with E-state index in [1.807, 2.05) is 11.5 Å². The van der Waals surface area contributed by atoms with Gasteiger partial charge in [-0.2, -0.15) is 4.31 Å². The molecular weight excluding hydrogens is 455 g/mol. The number of nitrogens with zero attached hydrogens (tertiary/aromatic N) is 3. The van der Waals surface area contributed by atoms with Gasteiger partial charge in [0.15, 0.2) is 11.6 Å². The Bertz CT molecular complexity index is 1310. The van der Waals surface area contributed by atoms with Crippen LogP contribution in [0.4, 0.5) is 13.2 Å². The number of aryl methyl sites for hydroxylation is 1. The van der Waals surface area contributed by atoms with E-state index in [4.69, 9.17) is 0 Å². The lowest BCUT2D eigenvalue weighted by Gasteiger charge is -2.34. The zero-order valence-electron chi connectivity index (χ0n) is 18.1. The molecule has 4 rings (SSSR count). The third kappa shape index (κ3) is 4.28. The maximum absolute atomic E-state index is 13.5. The molecule has 1 amide bonds. The molecule has 2 heterocycles. The lowest BCUT2D eigenvalue weighted by atomic mass is 10.2. The number of amides is 1. The van der Waals surface area contributed by atoms with E-state index in [1.165, 1.54) is 12.1 Å². The smallest absolute Gasteiger partial charge is 0.255 e. The Morgan fingerprint density at radius 1 is 0.848 bits per heavy atom. The van der Waals surface area contributed by atoms with Gasteiger partial charge in [-0.1, -0.05) is 0 Å². The molecule has 2 aromatic carbocycles. The van der Waals surface area contributed by atoms with Crippen LogP contribution in [-0.2, 0) is 10.0 Å². The topological polar surface area (TPSA) is 62.6 Å². The van der Waals surface area contributed by atoms with Crippen LogP contribution < -0.4 is 0 Å². The molecule has 6 nitrogen and oxygen atoms in total. The Morgan fingerprint density at radius 3 is 2.09 bits per heavy atom. The van der Waals surface area contributed by atoms with Gasteiger partial charge in [-0.25, -0.2) is 21.6 Å². The maximum atomic E-state index is 13.5. The SMILES string of the molecule is Cc1cc(C(=O)N2CCN(S(=O)(=O)c3ccc(F)c(F)c3)CC2)c(C)n1-c1ccc(F)cc1. The van der Waals surface area contributed by atoms with Crippen molar-refractivity contribution in [3.8, 4) is 5.69 Å². The van der Waals surface area contributed by atoms with E-state index in [1.54, 1.807) is 30.0 Å². The Kier molecular flexibility index (Phi) is 6.06. The molecule has 3 aromatic rings. The Hall–Kier alpha value is -3.11. The summed E-state index contributed by atoms with van der Waals surface area (Å²) in [6.07, 6.45) is 0. The summed E-state index contributed by atoms with van der Waals surface area (Å²) in [5, 5.41) is 0. The standard InChI is InChI=1S/C23H22F3N3O3S/c1-15-13-20(16(2)29(15)18-5-3-17(24)4-6-18)23(30)27-9-11-28(12-10-27)33(31,32)19-7-8-21(25)22(26)14-19/h3-8,13-14H,9-12H2,1-2H3. The fraction of sp³-hybridized carbons (Fsp3) is 0.261. The van der Waals surface area contributed by atoms with Crippen molar-refractivity contribution in [1.29, 1.82) is 0 Å². The van der Waals surface area contributed by atoms with Crippen molar-refractivity contribution in [2.24, 2.45) is 0 Å². The highest BCUT2D eigenvalue weighted by Crippen LogP contribution is 2.24. The normalized spacial score (nSPS) is 15.1. The van der Waals surface area contributed by atoms with Gasteiger partial charge in [0.2, 0.25) is 10.0 Å². The van der Waals surface area contributed by atoms with Crippen molar-refractivity contribution in [3.63, 3.8) is 0 Å². The first-order chi connectivity index (χ1) is 15.6. The average molecular weight is 478 g/mol. The molecular formula is C23H22F3N3O3S. The number of hydrogen-bond acceptors (Lipinski definition) is 3. The summed E-state index contributed by atoms with van der Waals surface area (Å²) in [7, 11) is -4.01. The number of halogens is 3. The van der Waals surface area contributed by atoms with Crippen molar-refractivity contribution < 1.29 is 26.4 Å². The molecule has 1 fully saturated rings. The number of carbonyl (C=O) groups is 1. The van der Waals surface area contributed by atoms with Gasteiger partial charge in [0.05, 0.1) is 10.5 Å². The quantitative estimate of drug-likeness (QED) is 0.576. The Balaban J connectivity index is 1.50. The third-order valence-electron chi connectivity index (χ3n) is 5.80. The van der Waals surface area contributed by atoms with Crippen molar-refractivity contribution in [2.45, 2.75) is 18.7 Å². The van der Waals surface area contributed by atoms with E-state index in [9.17, 15) is 26.4 Å². The van der Waals surface area contributed by atoms with Crippen molar-refractivity contribution >= 4 is 15.9 Å². The predicted octanol–water partition coefficient (Wildman–Crippen LogP) is 3.66. The summed E-state index contributed by atoms with van der Waals surface area (Å²) < 4.78 is 68.6. The van der Waals surface area contributed by atoms with E-state index in [2.05, 4.69) is 0 Å². The summed E-state index contributed by atoms with van der Waals surface area (Å²) in [5.41, 5.74) is 2.71. The Labute approximate surface area is 189 Å². The van der Waals surface area contributed by atoms with Crippen molar-refractivity contribution in [1.82, 2.24) is 13.8 Å². The van der Waals surface area contributed by atoms with Crippen LogP contribution in [0.15, 0.2) is 53.4 Å². The predicted molar refractivity (Wildman–Crippen MR) is 116 cm³/mol. The van der Waals surface area contributed by atoms with Gasteiger partial charge in [-0.15, -0.1) is 0 Å². The molecule has 0 unspecified atom stereocenters. The first kappa shape index (κ1) is 23.1. The summed E-state index contributed by atoms with van der Waals surface area (Å²) in [6.45, 7) is 4.02. The molecule has 33 heavy (non-hydrogen) atoms. The molecule has 0 bridgehead atoms. The molecule has 1 aliphatic heterocycles. The first-order valence-electron chi connectivity index (χ1n) is 10.3. The highest BCUT2D eigenvalue weighted by molar-refractivity contribution is 7.89. The van der Waals surface area contributed by atoms with E-state index in [0.29, 0.717) is 17.3 Å². The van der Waals surface area contributed by atoms with E-state index in [-0.39, 0.29) is 42.8 Å². The average Bonchev–Trinajstić information content (AvgIpc) is 3.09. The van der Waals surface area contributed by atoms with E-state index in [0.717, 1.165) is 27.8 Å². The molecule has 0 radical (unpaired) electrons. The van der Waals surface area contributed by atoms with Gasteiger partial charge in [0.1, 0.15) is 5.82 Å². The third-order valence-corrected chi connectivity index (χ3v) is 7.70. The number of aromatic nitrogens is 1. The van der Waals surface area contributed by atoms with Crippen molar-refractivity contribution in [2.75, 3.05) is 26.2 Å². The molecule has 0 saturated carbocycles. The van der Waals surface area contributed by atoms with Gasteiger partial charge in [-0.05, 0) is 62.4 Å². The minimum absolute atomic E-state index is 0.0315. The van der Waals surface area contributed by atoms with Crippen LogP contribution in [-0.4, -0.2) is 54.3 Å². The minimum Gasteiger partial charge on any atom is -0.336 e. The van der Waals surface area contributed by atoms with E-state index < -0.39 is 21.7 Å². The fourth-order valence-electron chi connectivity index (χ4n) is 4.06. The molecule has 1 aromatic heterocycles. The largest absolute Gasteiger partial charge is 0.336 e. The van der Waals surface area contributed by atoms with E-state index >= 15 is 0 Å². The van der Waals surface area contributed by atoms with Gasteiger partial charge in [-0.3, -0.25) is 4.79 Å². The molecule has 0 aliphatic carbocycles. The second kappa shape index (κ2) is 8.68. The number of carbonyl (C=O) groups excluding carboxylic acids is 1. The highest BCUT2D eigenvalue weighted by atomic mass is 32.2. The van der Waals surface area contributed by atoms with Crippen LogP contribution in [0.2, 0.25) is 0 Å². The summed E-state index contributed by atoms with van der Waals surface area (Å²) >= 11 is 0. The van der Waals surface area contributed by atoms with Crippen LogP contribution in [0.5, 0.6) is 0 Å². The summed E-state index contributed by atoms with van der Waals surface area (Å²) in [4.78, 5) is 14.4. The van der Waals surface area contributed by atoms with Gasteiger partial charge in [0.25, 0.3) is 5.91 Å². The van der Waals surface area contributed by atoms with Gasteiger partial charge in [0, 0.05) is 43.3 Å². The fourth-order valence-corrected chi connectivity index (χ4v) is 5.49. The van der Waals surface area contributed by atoms with Crippen LogP contribution in [0.3, 0.4) is 0 Å². The number of benzene rings is 2. The molecule has 10 heteroatoms. The summed E-state index contributed by atoms with van der Waals surface area (Å²) in [5.74, 6) is -2.95. The maximum Gasteiger partial charge on any atom is 0.255 e. The molecule has 1 saturated heterocycles. The Morgan fingerprint density at radius 2 is 1.48 bits per heavy atom. The van der Waals surface area contributed by atoms with Crippen LogP contribution in [0, 0.1) is 31.3 Å². The number of hydrogen-bond donors (Lipinski definition) is 0. The zero-order valence-corrected chi connectivity index (χ0v) is 18.9. The van der Waals surface area contributed by atoms with Gasteiger partial charge >= 0.3 is 0 Å². The van der Waals surface area contributed by atoms with Crippen molar-refractivity contribution in [3.05, 3.63) is 82.9 Å². The monoisotopic (exact) mass is 477 g/mol. The number of sulfonamides is 1. The first-order valence-corrected chi connectivity index (χ1v) is 11.7. The highest BCUT2D eigenvalue weighted by Gasteiger charge is 2.32. The van der Waals surface area contributed by atoms with Crippen LogP contribution in [0.1, 0.15) is 21.7 Å². The van der Waals surface area contributed by atoms with Crippen LogP contribution >= 0.6 is 0 Å². The lowest BCUT2D eigenvalue weighted by molar-refractivity contribution is 0.0697. The molecule has 1 aliphatic rings. The number of piperazine rings is 1. The molecule has 0 atom stereocenters. The second-order valence-electron chi connectivity index (χ2n) is 7.87. The molecule has 0 N–H and O–H groups in total. The zero-order chi connectivity index (χ0) is 23.9. The lowest BCUT2D eigenvalue weighted by Crippen LogP contribution is -2.50. The minimum atomic E-state index is -4.01. The molecule has 0 spiro atoms. The molecule has 174 valence electrons. The second-order valence-corrected chi connectivity index (χ2v) is 9.81. The summed E-state index contributed by atoms with van der Waals surface area (Å²) in [6, 6.07) is 10.2. The van der Waals surface area contributed by atoms with Gasteiger partial charge < -0.3 is 9.47 Å². The number of rotatable bonds is 4.